The number of nitrogens with zero attached hydrogens (tertiary/aromatic N) is 1. The van der Waals surface area contributed by atoms with E-state index in [1.54, 1.807) is 18.2 Å². The van der Waals surface area contributed by atoms with Crippen LogP contribution in [0.15, 0.2) is 72.8 Å². The second-order valence-electron chi connectivity index (χ2n) is 9.88. The van der Waals surface area contributed by atoms with Crippen molar-refractivity contribution in [3.63, 3.8) is 0 Å². The second-order valence-corrected chi connectivity index (χ2v) is 10.8. The molecule has 3 aromatic carbocycles. The predicted molar refractivity (Wildman–Crippen MR) is 148 cm³/mol. The summed E-state index contributed by atoms with van der Waals surface area (Å²) in [5, 5.41) is 6.97. The molecule has 0 spiro atoms. The van der Waals surface area contributed by atoms with Crippen LogP contribution in [0.3, 0.4) is 0 Å². The van der Waals surface area contributed by atoms with Gasteiger partial charge in [-0.1, -0.05) is 91.6 Å². The van der Waals surface area contributed by atoms with Crippen molar-refractivity contribution in [3.05, 3.63) is 88.4 Å². The van der Waals surface area contributed by atoms with Gasteiger partial charge in [-0.15, -0.1) is 0 Å². The zero-order chi connectivity index (χ0) is 24.8. The molecule has 3 aromatic rings. The second kappa shape index (κ2) is 11.5. The Morgan fingerprint density at radius 1 is 0.914 bits per heavy atom. The number of halogens is 2. The van der Waals surface area contributed by atoms with E-state index < -0.39 is 0 Å². The first-order chi connectivity index (χ1) is 16.8. The van der Waals surface area contributed by atoms with Crippen LogP contribution in [-0.2, 0) is 5.41 Å². The quantitative estimate of drug-likeness (QED) is 0.346. The average molecular weight is 511 g/mol. The maximum Gasteiger partial charge on any atom is 0.319 e. The van der Waals surface area contributed by atoms with Gasteiger partial charge in [-0.25, -0.2) is 4.79 Å². The number of nitrogens with one attached hydrogen (secondary N) is 2. The Bertz CT molecular complexity index is 1100. The fraction of sp³-hybridized carbons (Fsp3) is 0.345. The molecule has 0 aliphatic carbocycles. The van der Waals surface area contributed by atoms with Crippen LogP contribution in [-0.4, -0.2) is 37.1 Å². The summed E-state index contributed by atoms with van der Waals surface area (Å²) in [7, 11) is 0. The molecule has 1 fully saturated rings. The maximum absolute atomic E-state index is 12.8. The Labute approximate surface area is 218 Å². The van der Waals surface area contributed by atoms with Crippen LogP contribution in [0.4, 0.5) is 10.5 Å². The summed E-state index contributed by atoms with van der Waals surface area (Å²) in [5.41, 5.74) is 4.13. The van der Waals surface area contributed by atoms with Crippen LogP contribution in [0.5, 0.6) is 0 Å². The van der Waals surface area contributed by atoms with Crippen molar-refractivity contribution in [1.29, 1.82) is 0 Å². The van der Waals surface area contributed by atoms with E-state index in [-0.39, 0.29) is 11.4 Å². The number of urea groups is 1. The minimum absolute atomic E-state index is 0.119. The van der Waals surface area contributed by atoms with Crippen LogP contribution in [0, 0.1) is 5.92 Å². The summed E-state index contributed by atoms with van der Waals surface area (Å²) < 4.78 is 0. The maximum atomic E-state index is 12.8. The van der Waals surface area contributed by atoms with Gasteiger partial charge in [-0.2, -0.15) is 0 Å². The lowest BCUT2D eigenvalue weighted by Crippen LogP contribution is -2.50. The molecule has 1 heterocycles. The molecular weight excluding hydrogens is 477 g/mol. The molecule has 4 rings (SSSR count). The Balaban J connectivity index is 1.50. The Kier molecular flexibility index (Phi) is 8.38. The van der Waals surface area contributed by atoms with Gasteiger partial charge in [-0.05, 0) is 66.7 Å². The normalized spacial score (nSPS) is 15.7. The summed E-state index contributed by atoms with van der Waals surface area (Å²) in [6.45, 7) is 8.23. The van der Waals surface area contributed by atoms with E-state index in [4.69, 9.17) is 23.2 Å². The molecule has 0 radical (unpaired) electrons. The molecule has 6 heteroatoms. The van der Waals surface area contributed by atoms with Gasteiger partial charge in [0.05, 0.1) is 0 Å². The number of hydrogen-bond acceptors (Lipinski definition) is 2. The van der Waals surface area contributed by atoms with Gasteiger partial charge in [-0.3, -0.25) is 0 Å². The molecule has 0 bridgehead atoms. The fourth-order valence-corrected chi connectivity index (χ4v) is 5.47. The van der Waals surface area contributed by atoms with Gasteiger partial charge in [0, 0.05) is 34.2 Å². The first-order valence-corrected chi connectivity index (χ1v) is 13.0. The minimum atomic E-state index is -0.256. The number of anilines is 1. The number of carbonyl (C=O) groups is 1. The molecule has 1 aliphatic heterocycles. The third-order valence-corrected chi connectivity index (χ3v) is 7.19. The lowest BCUT2D eigenvalue weighted by Gasteiger charge is -2.43. The lowest BCUT2D eigenvalue weighted by molar-refractivity contribution is 0.144. The lowest BCUT2D eigenvalue weighted by atomic mass is 9.72. The molecule has 1 saturated heterocycles. The van der Waals surface area contributed by atoms with E-state index in [1.165, 1.54) is 16.7 Å². The van der Waals surface area contributed by atoms with Crippen LogP contribution in [0.25, 0.3) is 11.1 Å². The highest BCUT2D eigenvalue weighted by atomic mass is 35.5. The highest BCUT2D eigenvalue weighted by molar-refractivity contribution is 6.35. The van der Waals surface area contributed by atoms with Crippen molar-refractivity contribution in [2.75, 3.05) is 31.5 Å². The van der Waals surface area contributed by atoms with E-state index in [9.17, 15) is 4.79 Å². The van der Waals surface area contributed by atoms with E-state index in [1.807, 2.05) is 6.07 Å². The standard InChI is InChI=1S/C29H33Cl2N3O/c1-21(2)19-34-14-12-29(13-15-34,20-32-28(35)33-27-17-25(30)16-26(31)18-27)24-10-8-23(9-11-24)22-6-4-3-5-7-22/h3-11,16-18,21H,12-15,19-20H2,1-2H3,(H2,32,33,35). The van der Waals surface area contributed by atoms with Crippen LogP contribution in [0.1, 0.15) is 32.3 Å². The Morgan fingerprint density at radius 2 is 1.51 bits per heavy atom. The molecule has 0 aromatic heterocycles. The number of carbonyl (C=O) groups excluding carboxylic acids is 1. The Hall–Kier alpha value is -2.53. The van der Waals surface area contributed by atoms with Crippen LogP contribution >= 0.6 is 23.2 Å². The minimum Gasteiger partial charge on any atom is -0.337 e. The number of benzene rings is 3. The molecule has 0 unspecified atom stereocenters. The zero-order valence-corrected chi connectivity index (χ0v) is 21.9. The van der Waals surface area contributed by atoms with E-state index >= 15 is 0 Å². The smallest absolute Gasteiger partial charge is 0.319 e. The molecular formula is C29H33Cl2N3O. The molecule has 0 atom stereocenters. The third kappa shape index (κ3) is 6.78. The zero-order valence-electron chi connectivity index (χ0n) is 20.4. The molecule has 2 N–H and O–H groups in total. The first kappa shape index (κ1) is 25.6. The summed E-state index contributed by atoms with van der Waals surface area (Å²) in [4.78, 5) is 15.3. The highest BCUT2D eigenvalue weighted by Gasteiger charge is 2.36. The highest BCUT2D eigenvalue weighted by Crippen LogP contribution is 2.36. The average Bonchev–Trinajstić information content (AvgIpc) is 2.83. The van der Waals surface area contributed by atoms with Gasteiger partial charge < -0.3 is 15.5 Å². The summed E-state index contributed by atoms with van der Waals surface area (Å²) >= 11 is 12.2. The molecule has 1 aliphatic rings. The van der Waals surface area contributed by atoms with Gasteiger partial charge >= 0.3 is 6.03 Å². The van der Waals surface area contributed by atoms with Crippen molar-refractivity contribution in [3.8, 4) is 11.1 Å². The predicted octanol–water partition coefficient (Wildman–Crippen LogP) is 7.47. The summed E-state index contributed by atoms with van der Waals surface area (Å²) in [6.07, 6.45) is 1.99. The van der Waals surface area contributed by atoms with Crippen LogP contribution < -0.4 is 10.6 Å². The number of piperidine rings is 1. The molecule has 35 heavy (non-hydrogen) atoms. The van der Waals surface area contributed by atoms with Crippen molar-refractivity contribution in [2.45, 2.75) is 32.1 Å². The monoisotopic (exact) mass is 509 g/mol. The fourth-order valence-electron chi connectivity index (χ4n) is 4.95. The van der Waals surface area contributed by atoms with Crippen molar-refractivity contribution < 1.29 is 4.79 Å². The summed E-state index contributed by atoms with van der Waals surface area (Å²) in [6, 6.07) is 24.0. The van der Waals surface area contributed by atoms with Gasteiger partial charge in [0.1, 0.15) is 0 Å². The van der Waals surface area contributed by atoms with E-state index in [0.717, 1.165) is 32.5 Å². The largest absolute Gasteiger partial charge is 0.337 e. The summed E-state index contributed by atoms with van der Waals surface area (Å²) in [5.74, 6) is 0.640. The number of amides is 2. The third-order valence-electron chi connectivity index (χ3n) is 6.75. The van der Waals surface area contributed by atoms with Crippen LogP contribution in [0.2, 0.25) is 10.0 Å². The SMILES string of the molecule is CC(C)CN1CCC(CNC(=O)Nc2cc(Cl)cc(Cl)c2)(c2ccc(-c3ccccc3)cc2)CC1. The molecule has 0 saturated carbocycles. The topological polar surface area (TPSA) is 44.4 Å². The molecule has 2 amide bonds. The van der Waals surface area contributed by atoms with E-state index in [0.29, 0.717) is 28.2 Å². The van der Waals surface area contributed by atoms with Crippen molar-refractivity contribution >= 4 is 34.9 Å². The Morgan fingerprint density at radius 3 is 2.11 bits per heavy atom. The first-order valence-electron chi connectivity index (χ1n) is 12.2. The molecule has 184 valence electrons. The van der Waals surface area contributed by atoms with E-state index in [2.05, 4.69) is 77.9 Å². The van der Waals surface area contributed by atoms with Gasteiger partial charge in [0.15, 0.2) is 0 Å². The van der Waals surface area contributed by atoms with Gasteiger partial charge in [0.2, 0.25) is 0 Å². The number of rotatable bonds is 7. The molecule has 4 nitrogen and oxygen atoms in total. The van der Waals surface area contributed by atoms with Crippen molar-refractivity contribution in [2.24, 2.45) is 5.92 Å². The van der Waals surface area contributed by atoms with Gasteiger partial charge in [0.25, 0.3) is 0 Å². The number of likely N-dealkylation sites (tertiary alicyclic amines) is 1. The van der Waals surface area contributed by atoms with Crippen molar-refractivity contribution in [1.82, 2.24) is 10.2 Å². The number of hydrogen-bond donors (Lipinski definition) is 2.